The summed E-state index contributed by atoms with van der Waals surface area (Å²) in [6, 6.07) is 12.5. The predicted octanol–water partition coefficient (Wildman–Crippen LogP) is 2.49. The molecular weight excluding hydrogens is 254 g/mol. The molecule has 98 valence electrons. The first kappa shape index (κ1) is 12.1. The second-order valence-corrected chi connectivity index (χ2v) is 4.22. The summed E-state index contributed by atoms with van der Waals surface area (Å²) in [6.45, 7) is 3.41. The van der Waals surface area contributed by atoms with Gasteiger partial charge >= 0.3 is 0 Å². The molecule has 0 bridgehead atoms. The van der Waals surface area contributed by atoms with E-state index in [2.05, 4.69) is 16.8 Å². The van der Waals surface area contributed by atoms with Gasteiger partial charge in [-0.2, -0.15) is 4.80 Å². The SMILES string of the molecule is C=CC(=O)c1ccc2nn(-c3ccccc3)nc2c1O. The minimum absolute atomic E-state index is 0.172. The molecule has 3 rings (SSSR count). The van der Waals surface area contributed by atoms with Gasteiger partial charge in [-0.3, -0.25) is 4.79 Å². The van der Waals surface area contributed by atoms with Crippen LogP contribution in [0.1, 0.15) is 10.4 Å². The van der Waals surface area contributed by atoms with Crippen molar-refractivity contribution < 1.29 is 9.90 Å². The van der Waals surface area contributed by atoms with Crippen molar-refractivity contribution in [2.24, 2.45) is 0 Å². The molecule has 1 aromatic heterocycles. The highest BCUT2D eigenvalue weighted by Crippen LogP contribution is 2.27. The summed E-state index contributed by atoms with van der Waals surface area (Å²) in [4.78, 5) is 13.0. The lowest BCUT2D eigenvalue weighted by Gasteiger charge is -1.99. The highest BCUT2D eigenvalue weighted by molar-refractivity contribution is 6.09. The maximum absolute atomic E-state index is 11.6. The summed E-state index contributed by atoms with van der Waals surface area (Å²) in [5.41, 5.74) is 1.76. The summed E-state index contributed by atoms with van der Waals surface area (Å²) < 4.78 is 0. The molecule has 5 heteroatoms. The van der Waals surface area contributed by atoms with Crippen LogP contribution in [-0.2, 0) is 0 Å². The number of rotatable bonds is 3. The molecule has 0 radical (unpaired) electrons. The zero-order valence-electron chi connectivity index (χ0n) is 10.5. The standard InChI is InChI=1S/C15H11N3O2/c1-2-13(19)11-8-9-12-14(15(11)20)17-18(16-12)10-6-4-3-5-7-10/h2-9,20H,1H2. The molecular formula is C15H11N3O2. The quantitative estimate of drug-likeness (QED) is 0.583. The molecule has 5 nitrogen and oxygen atoms in total. The van der Waals surface area contributed by atoms with E-state index >= 15 is 0 Å². The lowest BCUT2D eigenvalue weighted by Crippen LogP contribution is -1.97. The number of hydrogen-bond donors (Lipinski definition) is 1. The van der Waals surface area contributed by atoms with Crippen LogP contribution in [0.4, 0.5) is 0 Å². The number of hydrogen-bond acceptors (Lipinski definition) is 4. The monoisotopic (exact) mass is 265 g/mol. The number of carbonyl (C=O) groups is 1. The van der Waals surface area contributed by atoms with Gasteiger partial charge in [0.15, 0.2) is 17.0 Å². The van der Waals surface area contributed by atoms with Crippen molar-refractivity contribution >= 4 is 16.8 Å². The third-order valence-electron chi connectivity index (χ3n) is 2.97. The Morgan fingerprint density at radius 3 is 2.60 bits per heavy atom. The van der Waals surface area contributed by atoms with Gasteiger partial charge in [-0.05, 0) is 30.3 Å². The molecule has 0 saturated heterocycles. The Kier molecular flexibility index (Phi) is 2.80. The number of fused-ring (bicyclic) bond motifs is 1. The number of aromatic hydroxyl groups is 1. The number of ketones is 1. The van der Waals surface area contributed by atoms with Gasteiger partial charge < -0.3 is 5.11 Å². The molecule has 2 aromatic carbocycles. The Morgan fingerprint density at radius 1 is 1.15 bits per heavy atom. The van der Waals surface area contributed by atoms with Crippen molar-refractivity contribution in [2.45, 2.75) is 0 Å². The average Bonchev–Trinajstić information content (AvgIpc) is 2.93. The summed E-state index contributed by atoms with van der Waals surface area (Å²) in [5.74, 6) is -0.520. The van der Waals surface area contributed by atoms with Gasteiger partial charge in [-0.15, -0.1) is 10.2 Å². The summed E-state index contributed by atoms with van der Waals surface area (Å²) in [7, 11) is 0. The van der Waals surface area contributed by atoms with E-state index in [0.717, 1.165) is 11.8 Å². The fraction of sp³-hybridized carbons (Fsp3) is 0. The van der Waals surface area contributed by atoms with Crippen molar-refractivity contribution in [2.75, 3.05) is 0 Å². The lowest BCUT2D eigenvalue weighted by molar-refractivity contribution is 0.104. The number of phenolic OH excluding ortho intramolecular Hbond substituents is 1. The maximum Gasteiger partial charge on any atom is 0.189 e. The molecule has 0 fully saturated rings. The minimum Gasteiger partial charge on any atom is -0.505 e. The summed E-state index contributed by atoms with van der Waals surface area (Å²) >= 11 is 0. The molecule has 0 spiro atoms. The van der Waals surface area contributed by atoms with Crippen LogP contribution in [0.25, 0.3) is 16.7 Å². The molecule has 0 aliphatic heterocycles. The van der Waals surface area contributed by atoms with Crippen LogP contribution >= 0.6 is 0 Å². The van der Waals surface area contributed by atoms with E-state index in [9.17, 15) is 9.90 Å². The van der Waals surface area contributed by atoms with Crippen LogP contribution in [0.15, 0.2) is 55.1 Å². The minimum atomic E-state index is -0.348. The molecule has 1 N–H and O–H groups in total. The van der Waals surface area contributed by atoms with Gasteiger partial charge in [0.05, 0.1) is 11.3 Å². The van der Waals surface area contributed by atoms with E-state index in [0.29, 0.717) is 11.0 Å². The molecule has 0 amide bonds. The molecule has 20 heavy (non-hydrogen) atoms. The Bertz CT molecular complexity index is 807. The van der Waals surface area contributed by atoms with E-state index < -0.39 is 0 Å². The molecule has 0 saturated carbocycles. The number of aromatic nitrogens is 3. The molecule has 0 unspecified atom stereocenters. The van der Waals surface area contributed by atoms with Crippen molar-refractivity contribution in [1.82, 2.24) is 15.0 Å². The van der Waals surface area contributed by atoms with E-state index in [-0.39, 0.29) is 17.1 Å². The highest BCUT2D eigenvalue weighted by Gasteiger charge is 2.15. The van der Waals surface area contributed by atoms with Crippen molar-refractivity contribution in [3.05, 3.63) is 60.7 Å². The summed E-state index contributed by atoms with van der Waals surface area (Å²) in [5, 5.41) is 18.6. The van der Waals surface area contributed by atoms with Gasteiger partial charge in [0.1, 0.15) is 5.52 Å². The third kappa shape index (κ3) is 1.85. The Labute approximate surface area is 114 Å². The molecule has 3 aromatic rings. The van der Waals surface area contributed by atoms with Gasteiger partial charge in [0, 0.05) is 0 Å². The first-order chi connectivity index (χ1) is 9.70. The highest BCUT2D eigenvalue weighted by atomic mass is 16.3. The first-order valence-corrected chi connectivity index (χ1v) is 6.02. The normalized spacial score (nSPS) is 10.6. The summed E-state index contributed by atoms with van der Waals surface area (Å²) in [6.07, 6.45) is 1.16. The van der Waals surface area contributed by atoms with Gasteiger partial charge in [0.25, 0.3) is 0 Å². The number of nitrogens with zero attached hydrogens (tertiary/aromatic N) is 3. The molecule has 1 heterocycles. The second-order valence-electron chi connectivity index (χ2n) is 4.22. The van der Waals surface area contributed by atoms with Crippen molar-refractivity contribution in [3.63, 3.8) is 0 Å². The predicted molar refractivity (Wildman–Crippen MR) is 75.1 cm³/mol. The fourth-order valence-corrected chi connectivity index (χ4v) is 1.95. The molecule has 0 atom stereocenters. The zero-order chi connectivity index (χ0) is 14.1. The largest absolute Gasteiger partial charge is 0.505 e. The van der Waals surface area contributed by atoms with Gasteiger partial charge in [0.2, 0.25) is 0 Å². The van der Waals surface area contributed by atoms with Crippen LogP contribution in [-0.4, -0.2) is 25.9 Å². The zero-order valence-corrected chi connectivity index (χ0v) is 10.5. The van der Waals surface area contributed by atoms with E-state index in [4.69, 9.17) is 0 Å². The smallest absolute Gasteiger partial charge is 0.189 e. The van der Waals surface area contributed by atoms with Crippen LogP contribution < -0.4 is 0 Å². The van der Waals surface area contributed by atoms with Gasteiger partial charge in [-0.1, -0.05) is 24.8 Å². The first-order valence-electron chi connectivity index (χ1n) is 6.02. The topological polar surface area (TPSA) is 68.0 Å². The number of benzene rings is 2. The van der Waals surface area contributed by atoms with Crippen molar-refractivity contribution in [1.29, 1.82) is 0 Å². The maximum atomic E-state index is 11.6. The Hall–Kier alpha value is -2.95. The number of para-hydroxylation sites is 1. The van der Waals surface area contributed by atoms with Crippen molar-refractivity contribution in [3.8, 4) is 11.4 Å². The van der Waals surface area contributed by atoms with E-state index in [1.807, 2.05) is 30.3 Å². The van der Waals surface area contributed by atoms with E-state index in [1.165, 1.54) is 10.9 Å². The van der Waals surface area contributed by atoms with Crippen LogP contribution in [0.3, 0.4) is 0 Å². The lowest BCUT2D eigenvalue weighted by atomic mass is 10.1. The van der Waals surface area contributed by atoms with Crippen LogP contribution in [0.5, 0.6) is 5.75 Å². The number of carbonyl (C=O) groups excluding carboxylic acids is 1. The van der Waals surface area contributed by atoms with Crippen LogP contribution in [0.2, 0.25) is 0 Å². The van der Waals surface area contributed by atoms with Crippen LogP contribution in [0, 0.1) is 0 Å². The third-order valence-corrected chi connectivity index (χ3v) is 2.97. The molecule has 0 aliphatic rings. The van der Waals surface area contributed by atoms with E-state index in [1.54, 1.807) is 6.07 Å². The van der Waals surface area contributed by atoms with Gasteiger partial charge in [-0.25, -0.2) is 0 Å². The second kappa shape index (κ2) is 4.62. The number of phenols is 1. The Balaban J connectivity index is 2.19. The number of allylic oxidation sites excluding steroid dienone is 1. The average molecular weight is 265 g/mol. The molecule has 0 aliphatic carbocycles. The Morgan fingerprint density at radius 2 is 1.90 bits per heavy atom. The fourth-order valence-electron chi connectivity index (χ4n) is 1.95.